The normalized spacial score (nSPS) is 11.7. The van der Waals surface area contributed by atoms with Crippen molar-refractivity contribution in [2.45, 2.75) is 45.7 Å². The summed E-state index contributed by atoms with van der Waals surface area (Å²) in [7, 11) is 0. The van der Waals surface area contributed by atoms with E-state index in [1.165, 1.54) is 10.2 Å². The molecular formula is C33H38N4O3. The molecule has 0 bridgehead atoms. The second kappa shape index (κ2) is 14.2. The Morgan fingerprint density at radius 3 is 2.08 bits per heavy atom. The van der Waals surface area contributed by atoms with Crippen molar-refractivity contribution in [1.29, 1.82) is 0 Å². The number of carbonyl (C=O) groups is 2. The summed E-state index contributed by atoms with van der Waals surface area (Å²) in [6.07, 6.45) is 2.33. The van der Waals surface area contributed by atoms with Gasteiger partial charge in [0.25, 0.3) is 5.91 Å². The fourth-order valence-corrected chi connectivity index (χ4v) is 5.05. The number of nitrogens with one attached hydrogen (secondary N) is 1. The maximum absolute atomic E-state index is 14.7. The molecule has 0 saturated carbocycles. The zero-order valence-corrected chi connectivity index (χ0v) is 23.3. The molecule has 0 fully saturated rings. The highest BCUT2D eigenvalue weighted by Crippen LogP contribution is 2.36. The first kappa shape index (κ1) is 28.8. The van der Waals surface area contributed by atoms with E-state index in [-0.39, 0.29) is 37.6 Å². The molecule has 7 nitrogen and oxygen atoms in total. The van der Waals surface area contributed by atoms with Crippen LogP contribution in [0.2, 0.25) is 0 Å². The molecule has 1 heterocycles. The van der Waals surface area contributed by atoms with Crippen LogP contribution < -0.4 is 5.32 Å². The minimum Gasteiger partial charge on any atom is -0.395 e. The van der Waals surface area contributed by atoms with Crippen molar-refractivity contribution in [1.82, 2.24) is 20.0 Å². The second-order valence-electron chi connectivity index (χ2n) is 9.79. The van der Waals surface area contributed by atoms with Crippen LogP contribution in [0.15, 0.2) is 91.0 Å². The Balaban J connectivity index is 1.88. The molecule has 0 spiro atoms. The summed E-state index contributed by atoms with van der Waals surface area (Å²) in [4.78, 5) is 29.5. The number of aliphatic hydroxyl groups is 1. The van der Waals surface area contributed by atoms with Gasteiger partial charge in [-0.2, -0.15) is 5.10 Å². The third kappa shape index (κ3) is 6.85. The lowest BCUT2D eigenvalue weighted by molar-refractivity contribution is -0.122. The van der Waals surface area contributed by atoms with Gasteiger partial charge < -0.3 is 15.3 Å². The van der Waals surface area contributed by atoms with Crippen LogP contribution in [0.5, 0.6) is 0 Å². The van der Waals surface area contributed by atoms with E-state index in [0.717, 1.165) is 30.4 Å². The summed E-state index contributed by atoms with van der Waals surface area (Å²) in [5.41, 5.74) is 4.65. The van der Waals surface area contributed by atoms with Gasteiger partial charge in [0.15, 0.2) is 0 Å². The minimum atomic E-state index is -0.316. The highest BCUT2D eigenvalue weighted by atomic mass is 16.3. The van der Waals surface area contributed by atoms with Gasteiger partial charge in [0, 0.05) is 30.3 Å². The molecule has 2 amide bonds. The predicted molar refractivity (Wildman–Crippen MR) is 159 cm³/mol. The van der Waals surface area contributed by atoms with E-state index in [4.69, 9.17) is 5.10 Å². The highest BCUT2D eigenvalue weighted by molar-refractivity contribution is 6.03. The maximum atomic E-state index is 14.7. The van der Waals surface area contributed by atoms with Crippen LogP contribution in [0.3, 0.4) is 0 Å². The number of nitrogens with zero attached hydrogens (tertiary/aromatic N) is 3. The first-order valence-electron chi connectivity index (χ1n) is 14.0. The van der Waals surface area contributed by atoms with Gasteiger partial charge >= 0.3 is 0 Å². The number of benzene rings is 3. The molecule has 0 unspecified atom stereocenters. The largest absolute Gasteiger partial charge is 0.395 e. The third-order valence-corrected chi connectivity index (χ3v) is 6.94. The molecule has 0 aliphatic heterocycles. The van der Waals surface area contributed by atoms with E-state index in [2.05, 4.69) is 31.3 Å². The Bertz CT molecular complexity index is 1370. The summed E-state index contributed by atoms with van der Waals surface area (Å²) in [5.74, 6) is -0.462. The van der Waals surface area contributed by atoms with Crippen molar-refractivity contribution in [3.63, 3.8) is 0 Å². The van der Waals surface area contributed by atoms with Crippen molar-refractivity contribution < 1.29 is 14.7 Å². The lowest BCUT2D eigenvalue weighted by atomic mass is 9.97. The van der Waals surface area contributed by atoms with E-state index in [1.807, 2.05) is 83.8 Å². The number of hydrogen-bond acceptors (Lipinski definition) is 4. The molecule has 0 radical (unpaired) electrons. The fraction of sp³-hybridized carbons (Fsp3) is 0.303. The zero-order valence-electron chi connectivity index (χ0n) is 23.3. The summed E-state index contributed by atoms with van der Waals surface area (Å²) >= 11 is 0. The SMILES string of the molecule is CCCN(C(=O)c1c(-c2ccccc2)c(-c2ccccc2)nn1CC(=O)NCCO)[C@@H](CC)Cc1ccccc1. The molecule has 0 aliphatic rings. The van der Waals surface area contributed by atoms with Gasteiger partial charge in [-0.25, -0.2) is 4.68 Å². The number of aliphatic hydroxyl groups excluding tert-OH is 1. The lowest BCUT2D eigenvalue weighted by Crippen LogP contribution is -2.43. The minimum absolute atomic E-state index is 0.0229. The topological polar surface area (TPSA) is 87.5 Å². The third-order valence-electron chi connectivity index (χ3n) is 6.94. The van der Waals surface area contributed by atoms with Crippen LogP contribution >= 0.6 is 0 Å². The Kier molecular flexibility index (Phi) is 10.2. The van der Waals surface area contributed by atoms with Gasteiger partial charge in [0.05, 0.1) is 6.61 Å². The van der Waals surface area contributed by atoms with Gasteiger partial charge in [-0.1, -0.05) is 105 Å². The Morgan fingerprint density at radius 2 is 1.50 bits per heavy atom. The first-order chi connectivity index (χ1) is 19.6. The van der Waals surface area contributed by atoms with Gasteiger partial charge in [0.2, 0.25) is 5.91 Å². The van der Waals surface area contributed by atoms with Crippen molar-refractivity contribution >= 4 is 11.8 Å². The highest BCUT2D eigenvalue weighted by Gasteiger charge is 2.32. The van der Waals surface area contributed by atoms with Crippen molar-refractivity contribution in [2.75, 3.05) is 19.7 Å². The average molecular weight is 539 g/mol. The predicted octanol–water partition coefficient (Wildman–Crippen LogP) is 5.20. The molecule has 0 saturated heterocycles. The van der Waals surface area contributed by atoms with Crippen molar-refractivity contribution in [3.8, 4) is 22.4 Å². The summed E-state index contributed by atoms with van der Waals surface area (Å²) < 4.78 is 1.54. The second-order valence-corrected chi connectivity index (χ2v) is 9.79. The molecular weight excluding hydrogens is 500 g/mol. The van der Waals surface area contributed by atoms with Gasteiger partial charge in [-0.05, 0) is 30.4 Å². The van der Waals surface area contributed by atoms with Gasteiger partial charge in [-0.3, -0.25) is 9.59 Å². The maximum Gasteiger partial charge on any atom is 0.273 e. The van der Waals surface area contributed by atoms with Crippen LogP contribution in [0, 0.1) is 0 Å². The molecule has 208 valence electrons. The molecule has 2 N–H and O–H groups in total. The number of aromatic nitrogens is 2. The Labute approximate surface area is 236 Å². The van der Waals surface area contributed by atoms with Crippen LogP contribution in [-0.2, 0) is 17.8 Å². The molecule has 1 atom stereocenters. The molecule has 1 aromatic heterocycles. The van der Waals surface area contributed by atoms with Crippen LogP contribution in [0.25, 0.3) is 22.4 Å². The monoisotopic (exact) mass is 538 g/mol. The van der Waals surface area contributed by atoms with E-state index >= 15 is 0 Å². The summed E-state index contributed by atoms with van der Waals surface area (Å²) in [6, 6.07) is 29.7. The number of amides is 2. The number of hydrogen-bond donors (Lipinski definition) is 2. The smallest absolute Gasteiger partial charge is 0.273 e. The molecule has 4 aromatic rings. The molecule has 40 heavy (non-hydrogen) atoms. The summed E-state index contributed by atoms with van der Waals surface area (Å²) in [6.45, 7) is 4.60. The van der Waals surface area contributed by atoms with Crippen molar-refractivity contribution in [3.05, 3.63) is 102 Å². The Hall–Kier alpha value is -4.23. The van der Waals surface area contributed by atoms with Crippen LogP contribution in [0.1, 0.15) is 42.7 Å². The van der Waals surface area contributed by atoms with E-state index < -0.39 is 0 Å². The fourth-order valence-electron chi connectivity index (χ4n) is 5.05. The average Bonchev–Trinajstić information content (AvgIpc) is 3.37. The van der Waals surface area contributed by atoms with Crippen LogP contribution in [0.4, 0.5) is 0 Å². The summed E-state index contributed by atoms with van der Waals surface area (Å²) in [5, 5.41) is 16.8. The standard InChI is InChI=1S/C33H38N4O3/c1-3-21-36(28(4-2)23-25-14-8-5-9-15-25)33(40)32-30(26-16-10-6-11-17-26)31(27-18-12-7-13-19-27)35-37(32)24-29(39)34-20-22-38/h5-19,28,38H,3-4,20-24H2,1-2H3,(H,34,39)/t28-/m0/s1. The quantitative estimate of drug-likeness (QED) is 0.245. The van der Waals surface area contributed by atoms with E-state index in [1.54, 1.807) is 0 Å². The molecule has 7 heteroatoms. The molecule has 4 rings (SSSR count). The molecule has 0 aliphatic carbocycles. The van der Waals surface area contributed by atoms with Gasteiger partial charge in [-0.15, -0.1) is 0 Å². The zero-order chi connectivity index (χ0) is 28.3. The Morgan fingerprint density at radius 1 is 0.900 bits per heavy atom. The van der Waals surface area contributed by atoms with Crippen LogP contribution in [-0.4, -0.2) is 57.3 Å². The van der Waals surface area contributed by atoms with E-state index in [9.17, 15) is 14.7 Å². The van der Waals surface area contributed by atoms with Gasteiger partial charge in [0.1, 0.15) is 17.9 Å². The lowest BCUT2D eigenvalue weighted by Gasteiger charge is -2.32. The number of carbonyl (C=O) groups excluding carboxylic acids is 2. The van der Waals surface area contributed by atoms with E-state index in [0.29, 0.717) is 23.5 Å². The van der Waals surface area contributed by atoms with Crippen molar-refractivity contribution in [2.24, 2.45) is 0 Å². The molecule has 3 aromatic carbocycles. The number of rotatable bonds is 13. The first-order valence-corrected chi connectivity index (χ1v) is 14.0.